The molecule has 0 aliphatic rings. The number of phenolic OH excluding ortho intramolecular Hbond substituents is 1. The van der Waals surface area contributed by atoms with E-state index < -0.39 is 11.9 Å². The number of phenols is 1. The Balaban J connectivity index is 1.00. The number of anilines is 2. The number of amides is 1. The molecule has 0 saturated carbocycles. The van der Waals surface area contributed by atoms with E-state index in [1.807, 2.05) is 72.8 Å². The summed E-state index contributed by atoms with van der Waals surface area (Å²) in [5, 5.41) is 30.8. The monoisotopic (exact) mass is 740 g/mol. The minimum Gasteiger partial charge on any atom is -0.508 e. The summed E-state index contributed by atoms with van der Waals surface area (Å²) in [5.74, 6) is 0.993. The van der Waals surface area contributed by atoms with E-state index in [9.17, 15) is 19.8 Å². The Kier molecular flexibility index (Phi) is 11.8. The summed E-state index contributed by atoms with van der Waals surface area (Å²) >= 11 is 0. The van der Waals surface area contributed by atoms with Gasteiger partial charge in [-0.05, 0) is 126 Å². The number of carbonyl (C=O) groups is 2. The number of benzene rings is 6. The average molecular weight is 741 g/mol. The predicted octanol–water partition coefficient (Wildman–Crippen LogP) is 10.1. The van der Waals surface area contributed by atoms with Gasteiger partial charge in [-0.3, -0.25) is 20.4 Å². The normalized spacial score (nSPS) is 11.1. The molecule has 280 valence electrons. The van der Waals surface area contributed by atoms with E-state index in [0.29, 0.717) is 45.5 Å². The number of carbonyl (C=O) groups excluding carboxylic acids is 1. The summed E-state index contributed by atoms with van der Waals surface area (Å²) in [4.78, 5) is 34.2. The highest BCUT2D eigenvalue weighted by Gasteiger charge is 2.23. The molecule has 0 spiro atoms. The zero-order valence-electron chi connectivity index (χ0n) is 30.4. The van der Waals surface area contributed by atoms with Gasteiger partial charge in [-0.25, -0.2) is 9.68 Å². The molecule has 5 N–H and O–H groups in total. The maximum absolute atomic E-state index is 12.8. The molecule has 55 heavy (non-hydrogen) atoms. The smallest absolute Gasteiger partial charge is 0.336 e. The fourth-order valence-corrected chi connectivity index (χ4v) is 5.90. The van der Waals surface area contributed by atoms with Crippen molar-refractivity contribution >= 4 is 23.3 Å². The van der Waals surface area contributed by atoms with Gasteiger partial charge in [0.15, 0.2) is 0 Å². The number of aromatic hydroxyl groups is 1. The standard InChI is InChI=1S/C44H40N2O9/c1-28-4-23-40(43(49)50)41(24-28)42(48)45-33-10-19-38(20-11-33)54-36-15-6-31(7-16-36)44(2,3)32-8-17-37(18-9-32)55-39-21-12-34(13-22-39)46-52-26-30-25-35(47)14-5-29(30)27-53-51/h4-25,46-47,51H,26-27H2,1-3H3,(H,45,48)(H,49,50). The highest BCUT2D eigenvalue weighted by molar-refractivity contribution is 6.10. The number of aryl methyl sites for hydroxylation is 1. The van der Waals surface area contributed by atoms with Crippen molar-refractivity contribution in [1.29, 1.82) is 0 Å². The summed E-state index contributed by atoms with van der Waals surface area (Å²) in [7, 11) is 0. The van der Waals surface area contributed by atoms with Crippen LogP contribution in [0.4, 0.5) is 11.4 Å². The molecule has 0 saturated heterocycles. The van der Waals surface area contributed by atoms with Crippen LogP contribution >= 0.6 is 0 Å². The van der Waals surface area contributed by atoms with Crippen molar-refractivity contribution in [1.82, 2.24) is 0 Å². The Morgan fingerprint density at radius 3 is 1.67 bits per heavy atom. The van der Waals surface area contributed by atoms with Gasteiger partial charge in [0, 0.05) is 11.1 Å². The highest BCUT2D eigenvalue weighted by atomic mass is 17.1. The van der Waals surface area contributed by atoms with Gasteiger partial charge in [0.25, 0.3) is 5.91 Å². The Hall–Kier alpha value is -6.66. The summed E-state index contributed by atoms with van der Waals surface area (Å²) in [6, 6.07) is 39.4. The van der Waals surface area contributed by atoms with Gasteiger partial charge in [0.2, 0.25) is 0 Å². The molecule has 0 atom stereocenters. The zero-order valence-corrected chi connectivity index (χ0v) is 30.4. The largest absolute Gasteiger partial charge is 0.508 e. The molecule has 0 fully saturated rings. The molecular formula is C44H40N2O9. The first kappa shape index (κ1) is 38.1. The van der Waals surface area contributed by atoms with Crippen molar-refractivity contribution in [3.63, 3.8) is 0 Å². The molecular weight excluding hydrogens is 700 g/mol. The summed E-state index contributed by atoms with van der Waals surface area (Å²) in [6.07, 6.45) is 0. The number of carboxylic acids is 1. The minimum absolute atomic E-state index is 0.0204. The van der Waals surface area contributed by atoms with E-state index in [1.165, 1.54) is 12.1 Å². The van der Waals surface area contributed by atoms with Crippen LogP contribution in [-0.2, 0) is 28.4 Å². The first-order valence-electron chi connectivity index (χ1n) is 17.4. The third-order valence-electron chi connectivity index (χ3n) is 9.07. The van der Waals surface area contributed by atoms with Gasteiger partial charge in [0.1, 0.15) is 42.0 Å². The topological polar surface area (TPSA) is 156 Å². The van der Waals surface area contributed by atoms with E-state index in [4.69, 9.17) is 19.6 Å². The van der Waals surface area contributed by atoms with Crippen LogP contribution < -0.4 is 20.3 Å². The molecule has 6 aromatic carbocycles. The van der Waals surface area contributed by atoms with Crippen molar-refractivity contribution < 1.29 is 44.3 Å². The Labute approximate surface area is 318 Å². The van der Waals surface area contributed by atoms with Crippen LogP contribution in [-0.4, -0.2) is 27.3 Å². The summed E-state index contributed by atoms with van der Waals surface area (Å²) < 4.78 is 12.1. The average Bonchev–Trinajstić information content (AvgIpc) is 3.17. The van der Waals surface area contributed by atoms with E-state index in [1.54, 1.807) is 55.5 Å². The van der Waals surface area contributed by atoms with Crippen LogP contribution in [0.5, 0.6) is 28.7 Å². The number of hydrogen-bond acceptors (Lipinski definition) is 9. The van der Waals surface area contributed by atoms with Crippen LogP contribution in [0.15, 0.2) is 133 Å². The van der Waals surface area contributed by atoms with Gasteiger partial charge in [-0.2, -0.15) is 0 Å². The van der Waals surface area contributed by atoms with Crippen LogP contribution in [0.25, 0.3) is 0 Å². The van der Waals surface area contributed by atoms with Gasteiger partial charge in [0.05, 0.1) is 16.8 Å². The number of aromatic carboxylic acids is 1. The molecule has 11 heteroatoms. The number of rotatable bonds is 15. The first-order valence-corrected chi connectivity index (χ1v) is 17.4. The first-order chi connectivity index (χ1) is 26.5. The lowest BCUT2D eigenvalue weighted by molar-refractivity contribution is -0.253. The molecule has 6 rings (SSSR count). The molecule has 11 nitrogen and oxygen atoms in total. The maximum atomic E-state index is 12.8. The zero-order chi connectivity index (χ0) is 39.0. The molecule has 0 unspecified atom stereocenters. The minimum atomic E-state index is -1.16. The SMILES string of the molecule is Cc1ccc(C(=O)O)c(C(=O)Nc2ccc(Oc3ccc(C(C)(C)c4ccc(Oc5ccc(NOCc6cc(O)ccc6COO)cc5)cc4)cc3)cc2)c1. The van der Waals surface area contributed by atoms with Gasteiger partial charge in [-0.15, -0.1) is 0 Å². The summed E-state index contributed by atoms with van der Waals surface area (Å²) in [6.45, 7) is 6.22. The van der Waals surface area contributed by atoms with Gasteiger partial charge < -0.3 is 25.0 Å². The molecule has 1 amide bonds. The Morgan fingerprint density at radius 1 is 0.618 bits per heavy atom. The van der Waals surface area contributed by atoms with Crippen molar-refractivity contribution in [3.8, 4) is 28.7 Å². The van der Waals surface area contributed by atoms with Crippen molar-refractivity contribution in [3.05, 3.63) is 172 Å². The number of hydrogen-bond donors (Lipinski definition) is 5. The lowest BCUT2D eigenvalue weighted by Gasteiger charge is -2.26. The van der Waals surface area contributed by atoms with E-state index in [0.717, 1.165) is 16.7 Å². The molecule has 6 aromatic rings. The quantitative estimate of drug-likeness (QED) is 0.0507. The highest BCUT2D eigenvalue weighted by Crippen LogP contribution is 2.35. The van der Waals surface area contributed by atoms with Crippen LogP contribution in [0.2, 0.25) is 0 Å². The fourth-order valence-electron chi connectivity index (χ4n) is 5.90. The third kappa shape index (κ3) is 9.67. The number of carboxylic acid groups (broad SMARTS) is 1. The van der Waals surface area contributed by atoms with Gasteiger partial charge >= 0.3 is 5.97 Å². The molecule has 0 radical (unpaired) electrons. The number of nitrogens with one attached hydrogen (secondary N) is 2. The van der Waals surface area contributed by atoms with Crippen LogP contribution in [0.3, 0.4) is 0 Å². The Bertz CT molecular complexity index is 2250. The van der Waals surface area contributed by atoms with Crippen LogP contribution in [0.1, 0.15) is 62.4 Å². The number of ether oxygens (including phenoxy) is 2. The van der Waals surface area contributed by atoms with Crippen LogP contribution in [0, 0.1) is 6.92 Å². The molecule has 0 heterocycles. The molecule has 0 aliphatic carbocycles. The predicted molar refractivity (Wildman–Crippen MR) is 208 cm³/mol. The van der Waals surface area contributed by atoms with Crippen molar-refractivity contribution in [2.24, 2.45) is 0 Å². The molecule has 0 aromatic heterocycles. The fraction of sp³-hybridized carbons (Fsp3) is 0.136. The van der Waals surface area contributed by atoms with E-state index in [-0.39, 0.29) is 35.5 Å². The van der Waals surface area contributed by atoms with Gasteiger partial charge in [-0.1, -0.05) is 55.8 Å². The maximum Gasteiger partial charge on any atom is 0.336 e. The van der Waals surface area contributed by atoms with E-state index in [2.05, 4.69) is 29.5 Å². The van der Waals surface area contributed by atoms with Crippen molar-refractivity contribution in [2.45, 2.75) is 39.4 Å². The molecule has 0 bridgehead atoms. The van der Waals surface area contributed by atoms with Crippen molar-refractivity contribution in [2.75, 3.05) is 10.8 Å². The van der Waals surface area contributed by atoms with E-state index >= 15 is 0 Å². The second kappa shape index (κ2) is 17.0. The lowest BCUT2D eigenvalue weighted by Crippen LogP contribution is -2.18. The second-order valence-electron chi connectivity index (χ2n) is 13.4. The third-order valence-corrected chi connectivity index (χ3v) is 9.07. The summed E-state index contributed by atoms with van der Waals surface area (Å²) in [5.41, 5.74) is 8.15. The second-order valence-corrected chi connectivity index (χ2v) is 13.4. The Morgan fingerprint density at radius 2 is 1.15 bits per heavy atom. The lowest BCUT2D eigenvalue weighted by atomic mass is 9.78. The molecule has 0 aliphatic heterocycles.